The summed E-state index contributed by atoms with van der Waals surface area (Å²) in [4.78, 5) is 16.6. The zero-order chi connectivity index (χ0) is 26.2. The van der Waals surface area contributed by atoms with Gasteiger partial charge in [0, 0.05) is 44.2 Å². The Kier molecular flexibility index (Phi) is 9.13. The number of hydrogen-bond acceptors (Lipinski definition) is 3. The number of halogens is 3. The summed E-state index contributed by atoms with van der Waals surface area (Å²) in [6.07, 6.45) is 5.09. The van der Waals surface area contributed by atoms with E-state index in [4.69, 9.17) is 11.2 Å². The normalized spacial score (nSPS) is 15.3. The van der Waals surface area contributed by atoms with Gasteiger partial charge in [0.05, 0.1) is 0 Å². The van der Waals surface area contributed by atoms with Gasteiger partial charge in [0.15, 0.2) is 0 Å². The van der Waals surface area contributed by atoms with Crippen molar-refractivity contribution in [3.05, 3.63) is 88.5 Å². The summed E-state index contributed by atoms with van der Waals surface area (Å²) in [6.45, 7) is -0.818. The molecule has 0 unspecified atom stereocenters. The third-order valence-electron chi connectivity index (χ3n) is 7.43. The van der Waals surface area contributed by atoms with E-state index in [0.29, 0.717) is 43.9 Å². The molecule has 0 radical (unpaired) electrons. The third-order valence-corrected chi connectivity index (χ3v) is 7.43. The molecule has 190 valence electrons. The first-order chi connectivity index (χ1) is 17.8. The van der Waals surface area contributed by atoms with Gasteiger partial charge in [-0.2, -0.15) is 0 Å². The van der Waals surface area contributed by atoms with E-state index >= 15 is 0 Å². The van der Waals surface area contributed by atoms with Crippen LogP contribution in [0.15, 0.2) is 60.7 Å². The molecule has 0 N–H and O–H groups in total. The Morgan fingerprint density at radius 1 is 1.00 bits per heavy atom. The average molecular weight is 542 g/mol. The van der Waals surface area contributed by atoms with Crippen molar-refractivity contribution >= 4 is 18.5 Å². The molecule has 3 aromatic carbocycles. The molecule has 0 bridgehead atoms. The molecule has 1 saturated heterocycles. The molecule has 0 saturated carbocycles. The zero-order valence-electron chi connectivity index (χ0n) is 21.6. The van der Waals surface area contributed by atoms with Crippen molar-refractivity contribution in [1.82, 2.24) is 9.80 Å². The molecule has 5 rings (SSSR count). The molecule has 2 aliphatic rings. The molecule has 38 heavy (non-hydrogen) atoms. The fraction of sp³-hybridized carbons (Fsp3) is 0.276. The molecular weight excluding hydrogens is 515 g/mol. The molecule has 1 heterocycles. The van der Waals surface area contributed by atoms with Crippen LogP contribution in [-0.4, -0.2) is 55.7 Å². The molecule has 4 nitrogen and oxygen atoms in total. The van der Waals surface area contributed by atoms with Crippen LogP contribution in [-0.2, 0) is 11.3 Å². The minimum absolute atomic E-state index is 0. The Bertz CT molecular complexity index is 1340. The van der Waals surface area contributed by atoms with Crippen LogP contribution in [0.1, 0.15) is 33.7 Å². The van der Waals surface area contributed by atoms with E-state index in [1.807, 2.05) is 29.2 Å². The minimum Gasteiger partial charge on any atom is -0.448 e. The predicted molar refractivity (Wildman–Crippen MR) is 140 cm³/mol. The van der Waals surface area contributed by atoms with Gasteiger partial charge in [-0.25, -0.2) is 4.79 Å². The van der Waals surface area contributed by atoms with Crippen LogP contribution in [0.3, 0.4) is 0 Å². The van der Waals surface area contributed by atoms with E-state index < -0.39 is 12.4 Å². The largest absolute Gasteiger partial charge is 1.00 e. The predicted octanol–water partition coefficient (Wildman–Crippen LogP) is 2.10. The topological polar surface area (TPSA) is 32.8 Å². The first-order valence-corrected chi connectivity index (χ1v) is 12.4. The maximum atomic E-state index is 13.4. The maximum Gasteiger partial charge on any atom is 1.00 e. The molecule has 0 atom stereocenters. The summed E-state index contributed by atoms with van der Waals surface area (Å²) in [5, 5.41) is 0. The number of terminal acetylenes is 1. The zero-order valence-corrected chi connectivity index (χ0v) is 24.7. The summed E-state index contributed by atoms with van der Waals surface area (Å²) in [7, 11) is 0. The van der Waals surface area contributed by atoms with Gasteiger partial charge in [0.1, 0.15) is 6.61 Å². The molecule has 0 spiro atoms. The number of benzene rings is 3. The first-order valence-electron chi connectivity index (χ1n) is 12.4. The van der Waals surface area contributed by atoms with Crippen LogP contribution >= 0.6 is 0 Å². The van der Waals surface area contributed by atoms with Crippen LogP contribution in [0.2, 0.25) is 0 Å². The molecule has 1 fully saturated rings. The second kappa shape index (κ2) is 12.0. The first kappa shape index (κ1) is 28.9. The number of fused-ring (bicyclic) bond motifs is 3. The molecule has 1 aliphatic carbocycles. The van der Waals surface area contributed by atoms with E-state index in [0.717, 1.165) is 17.2 Å². The number of piperazine rings is 1. The Balaban J connectivity index is 0.00000336. The number of hydrogen-bond donors (Lipinski definition) is 0. The summed E-state index contributed by atoms with van der Waals surface area (Å²) < 4.78 is 46.0. The fourth-order valence-corrected chi connectivity index (χ4v) is 5.32. The van der Waals surface area contributed by atoms with E-state index in [9.17, 15) is 17.7 Å². The van der Waals surface area contributed by atoms with Gasteiger partial charge >= 0.3 is 64.5 Å². The number of nitrogens with zero attached hydrogens (tertiary/aromatic N) is 2. The smallest absolute Gasteiger partial charge is 0.448 e. The van der Waals surface area contributed by atoms with Crippen molar-refractivity contribution in [2.24, 2.45) is 0 Å². The Morgan fingerprint density at radius 3 is 2.13 bits per heavy atom. The van der Waals surface area contributed by atoms with E-state index in [-0.39, 0.29) is 75.6 Å². The monoisotopic (exact) mass is 542 g/mol. The molecular formula is C29H27BF3KN2O2. The van der Waals surface area contributed by atoms with E-state index in [1.54, 1.807) is 11.8 Å². The van der Waals surface area contributed by atoms with Crippen LogP contribution in [0.5, 0.6) is 0 Å². The number of rotatable bonds is 5. The van der Waals surface area contributed by atoms with Crippen molar-refractivity contribution < 1.29 is 73.9 Å². The van der Waals surface area contributed by atoms with E-state index in [1.165, 1.54) is 17.2 Å². The standard InChI is InChI=1S/C29H27BF3N2O2.K/c1-3-21-16-23(30(31,32)33)17-22(20(21)2)18-34-12-14-35(15-13-34)29(36)37-19-28-26-10-6-4-8-24(26)25-9-5-7-11-27(25)28;/h1,4-11,16-17,28H,12-15,18-19H2,2H3;/q-1;+1. The van der Waals surface area contributed by atoms with Crippen LogP contribution in [0.4, 0.5) is 17.7 Å². The van der Waals surface area contributed by atoms with Gasteiger partial charge in [-0.3, -0.25) is 4.90 Å². The van der Waals surface area contributed by atoms with Crippen LogP contribution in [0.25, 0.3) is 11.1 Å². The van der Waals surface area contributed by atoms with Gasteiger partial charge in [-0.1, -0.05) is 66.6 Å². The van der Waals surface area contributed by atoms with Gasteiger partial charge in [-0.15, -0.1) is 11.9 Å². The third kappa shape index (κ3) is 5.91. The van der Waals surface area contributed by atoms with Crippen molar-refractivity contribution in [2.45, 2.75) is 19.4 Å². The Labute approximate surface area is 264 Å². The number of amides is 1. The number of carbonyl (C=O) groups excluding carboxylic acids is 1. The Morgan fingerprint density at radius 2 is 1.58 bits per heavy atom. The van der Waals surface area contributed by atoms with Crippen LogP contribution in [0, 0.1) is 19.3 Å². The van der Waals surface area contributed by atoms with Crippen molar-refractivity contribution in [2.75, 3.05) is 32.8 Å². The van der Waals surface area contributed by atoms with Gasteiger partial charge < -0.3 is 22.6 Å². The minimum atomic E-state index is -5.14. The van der Waals surface area contributed by atoms with Gasteiger partial charge in [0.25, 0.3) is 0 Å². The Hall–Kier alpha value is -2.06. The fourth-order valence-electron chi connectivity index (χ4n) is 5.32. The summed E-state index contributed by atoms with van der Waals surface area (Å²) in [5.41, 5.74) is 5.51. The average Bonchev–Trinajstić information content (AvgIpc) is 3.22. The van der Waals surface area contributed by atoms with E-state index in [2.05, 4.69) is 30.2 Å². The summed E-state index contributed by atoms with van der Waals surface area (Å²) >= 11 is 0. The molecule has 0 aromatic heterocycles. The molecule has 9 heteroatoms. The second-order valence-electron chi connectivity index (χ2n) is 9.64. The van der Waals surface area contributed by atoms with Crippen LogP contribution < -0.4 is 56.8 Å². The van der Waals surface area contributed by atoms with Crippen molar-refractivity contribution in [3.8, 4) is 23.5 Å². The molecule has 1 aliphatic heterocycles. The second-order valence-corrected chi connectivity index (χ2v) is 9.64. The quantitative estimate of drug-likeness (QED) is 0.366. The van der Waals surface area contributed by atoms with Gasteiger partial charge in [-0.05, 0) is 40.3 Å². The molecule has 1 amide bonds. The number of carbonyl (C=O) groups is 1. The summed E-state index contributed by atoms with van der Waals surface area (Å²) in [6, 6.07) is 18.6. The van der Waals surface area contributed by atoms with Crippen molar-refractivity contribution in [1.29, 1.82) is 0 Å². The van der Waals surface area contributed by atoms with Crippen molar-refractivity contribution in [3.63, 3.8) is 0 Å². The van der Waals surface area contributed by atoms with Gasteiger partial charge in [0.2, 0.25) is 0 Å². The molecule has 3 aromatic rings. The summed E-state index contributed by atoms with van der Waals surface area (Å²) in [5.74, 6) is 2.37. The maximum absolute atomic E-state index is 13.4. The number of ether oxygens (including phenoxy) is 1. The SMILES string of the molecule is C#Cc1cc([B-](F)(F)F)cc(CN2CCN(C(=O)OCC3c4ccccc4-c4ccccc43)CC2)c1C.[K+].